The third-order valence-electron chi connectivity index (χ3n) is 5.93. The number of aryl methyl sites for hydroxylation is 1. The average molecular weight is 441 g/mol. The van der Waals surface area contributed by atoms with E-state index in [1.54, 1.807) is 49.4 Å². The summed E-state index contributed by atoms with van der Waals surface area (Å²) in [5.74, 6) is -0.308. The summed E-state index contributed by atoms with van der Waals surface area (Å²) >= 11 is 0. The second-order valence-corrected chi connectivity index (χ2v) is 8.13. The molecule has 0 N–H and O–H groups in total. The molecule has 1 unspecified atom stereocenters. The van der Waals surface area contributed by atoms with Gasteiger partial charge in [0.15, 0.2) is 0 Å². The van der Waals surface area contributed by atoms with E-state index in [9.17, 15) is 13.2 Å². The fraction of sp³-hybridized carbons (Fsp3) is 0.308. The Hall–Kier alpha value is -2.99. The summed E-state index contributed by atoms with van der Waals surface area (Å²) < 4.78 is 47.5. The highest BCUT2D eigenvalue weighted by Crippen LogP contribution is 2.28. The molecule has 1 aliphatic rings. The Balaban J connectivity index is 1.40. The minimum atomic E-state index is -0.476. The van der Waals surface area contributed by atoms with Gasteiger partial charge in [0.2, 0.25) is 0 Å². The molecule has 3 aromatic carbocycles. The van der Waals surface area contributed by atoms with Crippen LogP contribution in [-0.2, 0) is 0 Å². The van der Waals surface area contributed by atoms with Crippen molar-refractivity contribution in [2.45, 2.75) is 19.4 Å². The normalized spacial score (nSPS) is 15.6. The van der Waals surface area contributed by atoms with Crippen molar-refractivity contribution in [1.82, 2.24) is 4.90 Å². The molecule has 0 bridgehead atoms. The zero-order chi connectivity index (χ0) is 22.5. The molecule has 0 saturated carbocycles. The summed E-state index contributed by atoms with van der Waals surface area (Å²) in [5, 5.41) is 0. The van der Waals surface area contributed by atoms with Crippen molar-refractivity contribution in [1.29, 1.82) is 0 Å². The lowest BCUT2D eigenvalue weighted by molar-refractivity contribution is 0.156. The maximum Gasteiger partial charge on any atom is 0.130 e. The maximum atomic E-state index is 14.5. The van der Waals surface area contributed by atoms with Crippen molar-refractivity contribution >= 4 is 5.69 Å². The summed E-state index contributed by atoms with van der Waals surface area (Å²) in [6, 6.07) is 17.8. The van der Waals surface area contributed by atoms with Crippen LogP contribution in [0.25, 0.3) is 0 Å². The first-order chi connectivity index (χ1) is 15.5. The molecule has 4 rings (SSSR count). The third kappa shape index (κ3) is 5.43. The molecule has 0 amide bonds. The summed E-state index contributed by atoms with van der Waals surface area (Å²) in [7, 11) is 0. The lowest BCUT2D eigenvalue weighted by Crippen LogP contribution is -2.46. The van der Waals surface area contributed by atoms with E-state index in [2.05, 4.69) is 9.80 Å². The highest BCUT2D eigenvalue weighted by Gasteiger charge is 2.22. The van der Waals surface area contributed by atoms with Crippen molar-refractivity contribution in [2.75, 3.05) is 37.6 Å². The summed E-state index contributed by atoms with van der Waals surface area (Å²) in [6.07, 6.45) is 0.129. The smallest absolute Gasteiger partial charge is 0.130 e. The predicted octanol–water partition coefficient (Wildman–Crippen LogP) is 5.74. The van der Waals surface area contributed by atoms with E-state index < -0.39 is 6.10 Å². The Morgan fingerprint density at radius 1 is 0.844 bits per heavy atom. The van der Waals surface area contributed by atoms with E-state index in [1.807, 2.05) is 0 Å². The molecule has 3 aromatic rings. The van der Waals surface area contributed by atoms with Gasteiger partial charge in [0.1, 0.15) is 29.3 Å². The molecule has 0 radical (unpaired) electrons. The Bertz CT molecular complexity index is 1030. The van der Waals surface area contributed by atoms with Crippen LogP contribution in [0.5, 0.6) is 5.75 Å². The fourth-order valence-electron chi connectivity index (χ4n) is 4.05. The molecule has 1 aliphatic heterocycles. The van der Waals surface area contributed by atoms with Crippen molar-refractivity contribution < 1.29 is 17.9 Å². The van der Waals surface area contributed by atoms with Gasteiger partial charge in [-0.1, -0.05) is 18.2 Å². The van der Waals surface area contributed by atoms with Crippen LogP contribution in [-0.4, -0.2) is 37.6 Å². The summed E-state index contributed by atoms with van der Waals surface area (Å²) in [5.41, 5.74) is 2.01. The summed E-state index contributed by atoms with van der Waals surface area (Å²) in [6.45, 7) is 5.83. The highest BCUT2D eigenvalue weighted by atomic mass is 19.1. The molecule has 32 heavy (non-hydrogen) atoms. The van der Waals surface area contributed by atoms with Crippen molar-refractivity contribution in [2.24, 2.45) is 0 Å². The van der Waals surface area contributed by atoms with Crippen LogP contribution in [0.3, 0.4) is 0 Å². The number of anilines is 1. The van der Waals surface area contributed by atoms with Gasteiger partial charge < -0.3 is 9.64 Å². The number of nitrogens with zero attached hydrogens (tertiary/aromatic N) is 2. The Kier molecular flexibility index (Phi) is 7.00. The lowest BCUT2D eigenvalue weighted by Gasteiger charge is -2.36. The van der Waals surface area contributed by atoms with Gasteiger partial charge in [-0.25, -0.2) is 13.2 Å². The number of halogens is 3. The van der Waals surface area contributed by atoms with Gasteiger partial charge >= 0.3 is 0 Å². The number of hydrogen-bond donors (Lipinski definition) is 0. The molecular formula is C26H27F3N2O. The SMILES string of the molecule is Cc1cc(OC(CCN2CCN(c3ccc(F)cc3)CC2)c2ccccc2F)ccc1F. The van der Waals surface area contributed by atoms with Crippen LogP contribution in [0, 0.1) is 24.4 Å². The first kappa shape index (κ1) is 22.2. The molecule has 0 spiro atoms. The monoisotopic (exact) mass is 440 g/mol. The Morgan fingerprint density at radius 3 is 2.25 bits per heavy atom. The molecule has 0 aromatic heterocycles. The van der Waals surface area contributed by atoms with Crippen LogP contribution in [0.4, 0.5) is 18.9 Å². The maximum absolute atomic E-state index is 14.5. The molecule has 1 fully saturated rings. The minimum Gasteiger partial charge on any atom is -0.486 e. The molecule has 1 atom stereocenters. The predicted molar refractivity (Wildman–Crippen MR) is 121 cm³/mol. The summed E-state index contributed by atoms with van der Waals surface area (Å²) in [4.78, 5) is 4.56. The fourth-order valence-corrected chi connectivity index (χ4v) is 4.05. The van der Waals surface area contributed by atoms with E-state index in [0.717, 1.165) is 38.4 Å². The van der Waals surface area contributed by atoms with Gasteiger partial charge in [-0.05, 0) is 61.0 Å². The van der Waals surface area contributed by atoms with Gasteiger partial charge in [-0.3, -0.25) is 4.90 Å². The lowest BCUT2D eigenvalue weighted by atomic mass is 10.0. The zero-order valence-corrected chi connectivity index (χ0v) is 18.1. The number of benzene rings is 3. The number of hydrogen-bond acceptors (Lipinski definition) is 3. The van der Waals surface area contributed by atoms with Crippen LogP contribution in [0.1, 0.15) is 23.7 Å². The molecule has 1 saturated heterocycles. The number of piperazine rings is 1. The van der Waals surface area contributed by atoms with Crippen LogP contribution < -0.4 is 9.64 Å². The van der Waals surface area contributed by atoms with E-state index >= 15 is 0 Å². The molecule has 3 nitrogen and oxygen atoms in total. The van der Waals surface area contributed by atoms with E-state index in [-0.39, 0.29) is 17.5 Å². The first-order valence-corrected chi connectivity index (χ1v) is 10.9. The average Bonchev–Trinajstić information content (AvgIpc) is 2.80. The van der Waals surface area contributed by atoms with E-state index in [0.29, 0.717) is 23.3 Å². The highest BCUT2D eigenvalue weighted by molar-refractivity contribution is 5.46. The van der Waals surface area contributed by atoms with Gasteiger partial charge in [-0.2, -0.15) is 0 Å². The van der Waals surface area contributed by atoms with Crippen molar-refractivity contribution in [3.05, 3.63) is 95.3 Å². The molecule has 6 heteroatoms. The van der Waals surface area contributed by atoms with Crippen molar-refractivity contribution in [3.8, 4) is 5.75 Å². The van der Waals surface area contributed by atoms with Crippen LogP contribution >= 0.6 is 0 Å². The number of rotatable bonds is 7. The first-order valence-electron chi connectivity index (χ1n) is 10.9. The third-order valence-corrected chi connectivity index (χ3v) is 5.93. The molecular weight excluding hydrogens is 413 g/mol. The Labute approximate surface area is 187 Å². The van der Waals surface area contributed by atoms with Crippen LogP contribution in [0.2, 0.25) is 0 Å². The Morgan fingerprint density at radius 2 is 1.56 bits per heavy atom. The second kappa shape index (κ2) is 10.1. The van der Waals surface area contributed by atoms with Crippen molar-refractivity contribution in [3.63, 3.8) is 0 Å². The number of ether oxygens (including phenoxy) is 1. The van der Waals surface area contributed by atoms with Gasteiger partial charge in [-0.15, -0.1) is 0 Å². The minimum absolute atomic E-state index is 0.233. The molecule has 0 aliphatic carbocycles. The van der Waals surface area contributed by atoms with E-state index in [4.69, 9.17) is 4.74 Å². The van der Waals surface area contributed by atoms with Gasteiger partial charge in [0, 0.05) is 50.4 Å². The van der Waals surface area contributed by atoms with E-state index in [1.165, 1.54) is 24.3 Å². The van der Waals surface area contributed by atoms with Crippen LogP contribution in [0.15, 0.2) is 66.7 Å². The second-order valence-electron chi connectivity index (χ2n) is 8.13. The van der Waals surface area contributed by atoms with Gasteiger partial charge in [0.25, 0.3) is 0 Å². The largest absolute Gasteiger partial charge is 0.486 e. The topological polar surface area (TPSA) is 15.7 Å². The standard InChI is InChI=1S/C26H27F3N2O/c1-19-18-22(10-11-24(19)28)32-26(23-4-2-3-5-25(23)29)12-13-30-14-16-31(17-15-30)21-8-6-20(27)7-9-21/h2-11,18,26H,12-17H2,1H3. The quantitative estimate of drug-likeness (QED) is 0.466. The van der Waals surface area contributed by atoms with Gasteiger partial charge in [0.05, 0.1) is 0 Å². The molecule has 1 heterocycles. The molecule has 168 valence electrons. The zero-order valence-electron chi connectivity index (χ0n) is 18.1.